The number of fused-ring (bicyclic) bond motifs is 1. The lowest BCUT2D eigenvalue weighted by Crippen LogP contribution is -2.48. The van der Waals surface area contributed by atoms with Crippen molar-refractivity contribution in [1.29, 1.82) is 0 Å². The largest absolute Gasteiger partial charge is 0.442 e. The number of nitrogens with zero attached hydrogens (tertiary/aromatic N) is 2. The summed E-state index contributed by atoms with van der Waals surface area (Å²) in [6, 6.07) is 4.96. The van der Waals surface area contributed by atoms with Crippen molar-refractivity contribution in [3.05, 3.63) is 24.4 Å². The molecule has 2 aromatic heterocycles. The molecular formula is C17H24N4O4S. The smallest absolute Gasteiger partial charge is 0.274 e. The van der Waals surface area contributed by atoms with Crippen LogP contribution in [0.3, 0.4) is 0 Å². The van der Waals surface area contributed by atoms with E-state index in [0.29, 0.717) is 30.5 Å². The highest BCUT2D eigenvalue weighted by Crippen LogP contribution is 2.28. The van der Waals surface area contributed by atoms with E-state index in [-0.39, 0.29) is 23.3 Å². The van der Waals surface area contributed by atoms with E-state index in [1.807, 2.05) is 0 Å². The van der Waals surface area contributed by atoms with Crippen molar-refractivity contribution in [2.75, 3.05) is 19.7 Å². The van der Waals surface area contributed by atoms with Gasteiger partial charge in [0.1, 0.15) is 5.69 Å². The van der Waals surface area contributed by atoms with Gasteiger partial charge in [0.25, 0.3) is 10.0 Å². The molecule has 2 aliphatic heterocycles. The molecule has 9 heteroatoms. The maximum absolute atomic E-state index is 12.7. The number of hydrogen-bond acceptors (Lipinski definition) is 6. The number of aromatic nitrogens is 2. The van der Waals surface area contributed by atoms with Crippen molar-refractivity contribution in [2.24, 2.45) is 5.92 Å². The van der Waals surface area contributed by atoms with Gasteiger partial charge in [-0.25, -0.2) is 13.1 Å². The summed E-state index contributed by atoms with van der Waals surface area (Å²) in [4.78, 5) is 2.33. The molecule has 0 bridgehead atoms. The number of morpholine rings is 1. The lowest BCUT2D eigenvalue weighted by molar-refractivity contribution is -0.0683. The zero-order chi connectivity index (χ0) is 18.3. The number of nitrogens with one attached hydrogen (secondary N) is 2. The van der Waals surface area contributed by atoms with E-state index < -0.39 is 10.0 Å². The van der Waals surface area contributed by atoms with Gasteiger partial charge in [0.15, 0.2) is 5.76 Å². The van der Waals surface area contributed by atoms with Crippen LogP contribution in [0.15, 0.2) is 33.9 Å². The summed E-state index contributed by atoms with van der Waals surface area (Å²) in [7, 11) is -3.71. The van der Waals surface area contributed by atoms with Gasteiger partial charge in [0.05, 0.1) is 12.7 Å². The number of aromatic amines is 1. The predicted octanol–water partition coefficient (Wildman–Crippen LogP) is 1.45. The van der Waals surface area contributed by atoms with Crippen LogP contribution in [0.4, 0.5) is 0 Å². The van der Waals surface area contributed by atoms with Gasteiger partial charge in [-0.05, 0) is 30.5 Å². The van der Waals surface area contributed by atoms with Gasteiger partial charge >= 0.3 is 0 Å². The standard InChI is InChI=1S/C17H24N4O4S/c1-11(2)16-9-21-8-12(7-13(21)10-24-16)20-26(22,23)17-4-3-15(25-17)14-5-6-18-19-14/h3-6,11-13,16,20H,7-10H2,1-2H3,(H,18,19)/t12-,13-,16+/m0/s1. The second-order valence-corrected chi connectivity index (χ2v) is 9.01. The zero-order valence-electron chi connectivity index (χ0n) is 14.9. The first-order chi connectivity index (χ1) is 12.4. The van der Waals surface area contributed by atoms with Crippen LogP contribution in [-0.4, -0.2) is 61.4 Å². The fourth-order valence-electron chi connectivity index (χ4n) is 3.67. The number of sulfonamides is 1. The lowest BCUT2D eigenvalue weighted by Gasteiger charge is -2.36. The Balaban J connectivity index is 1.43. The number of hydrogen-bond donors (Lipinski definition) is 2. The van der Waals surface area contributed by atoms with Crippen LogP contribution >= 0.6 is 0 Å². The topological polar surface area (TPSA) is 100 Å². The van der Waals surface area contributed by atoms with E-state index in [4.69, 9.17) is 9.15 Å². The highest BCUT2D eigenvalue weighted by atomic mass is 32.2. The maximum atomic E-state index is 12.7. The van der Waals surface area contributed by atoms with Gasteiger partial charge in [-0.1, -0.05) is 13.8 Å². The second-order valence-electron chi connectivity index (χ2n) is 7.37. The molecule has 0 unspecified atom stereocenters. The molecule has 0 amide bonds. The van der Waals surface area contributed by atoms with E-state index >= 15 is 0 Å². The molecule has 2 fully saturated rings. The Morgan fingerprint density at radius 3 is 2.88 bits per heavy atom. The summed E-state index contributed by atoms with van der Waals surface area (Å²) in [5, 5.41) is 6.52. The van der Waals surface area contributed by atoms with Crippen LogP contribution in [0.1, 0.15) is 20.3 Å². The Morgan fingerprint density at radius 2 is 2.15 bits per heavy atom. The van der Waals surface area contributed by atoms with Crippen LogP contribution < -0.4 is 4.72 Å². The zero-order valence-corrected chi connectivity index (χ0v) is 15.7. The third kappa shape index (κ3) is 3.44. The number of ether oxygens (including phenoxy) is 1. The summed E-state index contributed by atoms with van der Waals surface area (Å²) < 4.78 is 39.5. The molecule has 26 heavy (non-hydrogen) atoms. The molecule has 8 nitrogen and oxygen atoms in total. The Kier molecular flexibility index (Phi) is 4.64. The first-order valence-electron chi connectivity index (χ1n) is 8.90. The SMILES string of the molecule is CC(C)[C@H]1CN2C[C@@H](NS(=O)(=O)c3ccc(-c4ccn[nH]4)o3)C[C@H]2CO1. The number of furan rings is 1. The maximum Gasteiger partial charge on any atom is 0.274 e. The first kappa shape index (κ1) is 17.7. The van der Waals surface area contributed by atoms with Crippen molar-refractivity contribution >= 4 is 10.0 Å². The van der Waals surface area contributed by atoms with E-state index in [1.54, 1.807) is 18.3 Å². The second kappa shape index (κ2) is 6.80. The third-order valence-corrected chi connectivity index (χ3v) is 6.52. The predicted molar refractivity (Wildman–Crippen MR) is 95.0 cm³/mol. The van der Waals surface area contributed by atoms with Crippen molar-refractivity contribution in [2.45, 2.75) is 43.5 Å². The van der Waals surface area contributed by atoms with Crippen LogP contribution in [-0.2, 0) is 14.8 Å². The molecule has 142 valence electrons. The van der Waals surface area contributed by atoms with Crippen molar-refractivity contribution in [3.8, 4) is 11.5 Å². The number of rotatable bonds is 5. The summed E-state index contributed by atoms with van der Waals surface area (Å²) in [5.74, 6) is 0.899. The van der Waals surface area contributed by atoms with E-state index in [9.17, 15) is 8.42 Å². The molecule has 2 aliphatic rings. The van der Waals surface area contributed by atoms with Crippen molar-refractivity contribution in [1.82, 2.24) is 19.8 Å². The average Bonchev–Trinajstić information content (AvgIpc) is 3.32. The average molecular weight is 380 g/mol. The lowest BCUT2D eigenvalue weighted by atomic mass is 10.0. The van der Waals surface area contributed by atoms with Crippen molar-refractivity contribution < 1.29 is 17.6 Å². The molecule has 0 aromatic carbocycles. The molecule has 0 aliphatic carbocycles. The van der Waals surface area contributed by atoms with Crippen LogP contribution in [0.2, 0.25) is 0 Å². The van der Waals surface area contributed by atoms with Gasteiger partial charge in [0, 0.05) is 31.4 Å². The van der Waals surface area contributed by atoms with Crippen LogP contribution in [0.25, 0.3) is 11.5 Å². The Morgan fingerprint density at radius 1 is 1.31 bits per heavy atom. The van der Waals surface area contributed by atoms with Gasteiger partial charge < -0.3 is 9.15 Å². The fourth-order valence-corrected chi connectivity index (χ4v) is 4.84. The molecule has 3 atom stereocenters. The molecule has 0 radical (unpaired) electrons. The van der Waals surface area contributed by atoms with Gasteiger partial charge in [-0.2, -0.15) is 5.10 Å². The van der Waals surface area contributed by atoms with Crippen molar-refractivity contribution in [3.63, 3.8) is 0 Å². The monoisotopic (exact) mass is 380 g/mol. The molecule has 4 rings (SSSR count). The highest BCUT2D eigenvalue weighted by molar-refractivity contribution is 7.89. The molecule has 4 heterocycles. The Labute approximate surface area is 153 Å². The minimum Gasteiger partial charge on any atom is -0.442 e. The first-order valence-corrected chi connectivity index (χ1v) is 10.4. The molecule has 2 saturated heterocycles. The van der Waals surface area contributed by atoms with E-state index in [0.717, 1.165) is 13.0 Å². The summed E-state index contributed by atoms with van der Waals surface area (Å²) >= 11 is 0. The molecular weight excluding hydrogens is 356 g/mol. The minimum absolute atomic E-state index is 0.0803. The summed E-state index contributed by atoms with van der Waals surface area (Å²) in [5.41, 5.74) is 0.640. The van der Waals surface area contributed by atoms with E-state index in [2.05, 4.69) is 33.7 Å². The summed E-state index contributed by atoms with van der Waals surface area (Å²) in [6.07, 6.45) is 2.55. The van der Waals surface area contributed by atoms with Gasteiger partial charge in [0.2, 0.25) is 5.09 Å². The molecule has 0 saturated carbocycles. The Hall–Kier alpha value is -1.68. The summed E-state index contributed by atoms with van der Waals surface area (Å²) in [6.45, 7) is 6.51. The van der Waals surface area contributed by atoms with Gasteiger partial charge in [-0.3, -0.25) is 10.00 Å². The normalized spacial score (nSPS) is 27.1. The number of H-pyrrole nitrogens is 1. The third-order valence-electron chi connectivity index (χ3n) is 5.12. The van der Waals surface area contributed by atoms with E-state index in [1.165, 1.54) is 6.07 Å². The fraction of sp³-hybridized carbons (Fsp3) is 0.588. The quantitative estimate of drug-likeness (QED) is 0.814. The molecule has 2 aromatic rings. The van der Waals surface area contributed by atoms with Crippen LogP contribution in [0.5, 0.6) is 0 Å². The molecule has 2 N–H and O–H groups in total. The van der Waals surface area contributed by atoms with Crippen LogP contribution in [0, 0.1) is 5.92 Å². The molecule has 0 spiro atoms. The Bertz CT molecular complexity index is 846. The van der Waals surface area contributed by atoms with Gasteiger partial charge in [-0.15, -0.1) is 0 Å². The highest BCUT2D eigenvalue weighted by Gasteiger charge is 2.39. The minimum atomic E-state index is -3.71.